The highest BCUT2D eigenvalue weighted by Gasteiger charge is 2.67. The molecule has 1 unspecified atom stereocenters. The van der Waals surface area contributed by atoms with Crippen LogP contribution in [0.1, 0.15) is 30.9 Å². The summed E-state index contributed by atoms with van der Waals surface area (Å²) in [5, 5.41) is 11.8. The van der Waals surface area contributed by atoms with Gasteiger partial charge in [-0.1, -0.05) is 43.7 Å². The van der Waals surface area contributed by atoms with Crippen LogP contribution in [0.2, 0.25) is 0 Å². The number of para-hydroxylation sites is 1. The highest BCUT2D eigenvalue weighted by Crippen LogP contribution is 2.53. The van der Waals surface area contributed by atoms with Crippen LogP contribution in [0.4, 0.5) is 5.69 Å². The van der Waals surface area contributed by atoms with Crippen LogP contribution in [-0.4, -0.2) is 105 Å². The van der Waals surface area contributed by atoms with Gasteiger partial charge >= 0.3 is 0 Å². The number of hydrogen-bond acceptors (Lipinski definition) is 8. The van der Waals surface area contributed by atoms with Crippen molar-refractivity contribution in [3.05, 3.63) is 65.2 Å². The minimum Gasteiger partial charge on any atom is -0.507 e. The van der Waals surface area contributed by atoms with Crippen molar-refractivity contribution in [3.63, 3.8) is 0 Å². The fourth-order valence-corrected chi connectivity index (χ4v) is 6.88. The highest BCUT2D eigenvalue weighted by atomic mass is 32.2. The Morgan fingerprint density at radius 1 is 1.00 bits per heavy atom. The number of nitrogens with zero attached hydrogens (tertiary/aromatic N) is 4. The standard InChI is InChI=1S/C30H36N4O7S/c1-4-5-13-33-24-12-7-6-11-23(24)30(29(33)38)25(26(35)21-9-8-10-22(20-21)42(39,40)31(2)3)27(36)28(37)34(30)15-14-32-16-18-41-19-17-32/h6-12,20,35H,4-5,13-19H2,1-3H3/b26-25-. The van der Waals surface area contributed by atoms with Crippen LogP contribution < -0.4 is 4.90 Å². The number of carbonyl (C=O) groups is 3. The summed E-state index contributed by atoms with van der Waals surface area (Å²) >= 11 is 0. The lowest BCUT2D eigenvalue weighted by Gasteiger charge is -2.36. The number of fused-ring (bicyclic) bond motifs is 2. The van der Waals surface area contributed by atoms with E-state index < -0.39 is 38.9 Å². The van der Waals surface area contributed by atoms with Crippen LogP contribution in [0.3, 0.4) is 0 Å². The third-order valence-corrected chi connectivity index (χ3v) is 9.99. The van der Waals surface area contributed by atoms with Gasteiger partial charge in [0, 0.05) is 57.9 Å². The van der Waals surface area contributed by atoms with Crippen molar-refractivity contribution in [3.8, 4) is 0 Å². The summed E-state index contributed by atoms with van der Waals surface area (Å²) in [6, 6.07) is 12.6. The smallest absolute Gasteiger partial charge is 0.296 e. The molecule has 2 aromatic rings. The quantitative estimate of drug-likeness (QED) is 0.265. The van der Waals surface area contributed by atoms with Gasteiger partial charge in [-0.15, -0.1) is 0 Å². The van der Waals surface area contributed by atoms with E-state index in [2.05, 4.69) is 4.90 Å². The number of unbranched alkanes of at least 4 members (excludes halogenated alkanes) is 1. The third kappa shape index (κ3) is 4.72. The molecule has 3 heterocycles. The number of amides is 2. The van der Waals surface area contributed by atoms with E-state index in [0.29, 0.717) is 57.1 Å². The molecule has 2 fully saturated rings. The van der Waals surface area contributed by atoms with Gasteiger partial charge in [-0.3, -0.25) is 19.3 Å². The first-order valence-corrected chi connectivity index (χ1v) is 15.5. The zero-order valence-electron chi connectivity index (χ0n) is 24.1. The minimum atomic E-state index is -3.87. The maximum atomic E-state index is 14.6. The Morgan fingerprint density at radius 2 is 1.71 bits per heavy atom. The number of aliphatic hydroxyl groups is 1. The molecule has 2 amide bonds. The van der Waals surface area contributed by atoms with Gasteiger partial charge in [0.15, 0.2) is 5.54 Å². The number of ketones is 1. The molecule has 11 nitrogen and oxygen atoms in total. The zero-order chi connectivity index (χ0) is 30.2. The molecule has 1 spiro atoms. The maximum absolute atomic E-state index is 14.6. The predicted molar refractivity (Wildman–Crippen MR) is 156 cm³/mol. The SMILES string of the molecule is CCCCN1C(=O)C2(/C(=C(\O)c3cccc(S(=O)(=O)N(C)C)c3)C(=O)C(=O)N2CCN2CCOCC2)c2ccccc21. The maximum Gasteiger partial charge on any atom is 0.296 e. The highest BCUT2D eigenvalue weighted by molar-refractivity contribution is 7.89. The lowest BCUT2D eigenvalue weighted by Crippen LogP contribution is -2.54. The molecule has 224 valence electrons. The number of aliphatic hydroxyl groups excluding tert-OH is 1. The summed E-state index contributed by atoms with van der Waals surface area (Å²) in [4.78, 5) is 47.2. The van der Waals surface area contributed by atoms with Crippen molar-refractivity contribution < 1.29 is 32.6 Å². The van der Waals surface area contributed by atoms with Gasteiger partial charge in [0.1, 0.15) is 5.76 Å². The molecule has 0 saturated carbocycles. The van der Waals surface area contributed by atoms with E-state index in [0.717, 1.165) is 10.7 Å². The zero-order valence-corrected chi connectivity index (χ0v) is 24.9. The normalized spacial score (nSPS) is 22.5. The summed E-state index contributed by atoms with van der Waals surface area (Å²) in [5.74, 6) is -2.96. The molecule has 0 bridgehead atoms. The first-order chi connectivity index (χ1) is 20.1. The fraction of sp³-hybridized carbons (Fsp3) is 0.433. The average molecular weight is 597 g/mol. The van der Waals surface area contributed by atoms with Gasteiger partial charge in [0.25, 0.3) is 17.6 Å². The molecular formula is C30H36N4O7S. The molecule has 3 aliphatic heterocycles. The van der Waals surface area contributed by atoms with E-state index in [-0.39, 0.29) is 22.6 Å². The number of sulfonamides is 1. The molecule has 3 aliphatic rings. The van der Waals surface area contributed by atoms with Crippen LogP contribution in [0, 0.1) is 0 Å². The van der Waals surface area contributed by atoms with Crippen molar-refractivity contribution >= 4 is 39.1 Å². The monoisotopic (exact) mass is 596 g/mol. The fourth-order valence-electron chi connectivity index (χ4n) is 5.93. The molecule has 0 radical (unpaired) electrons. The van der Waals surface area contributed by atoms with Crippen LogP contribution in [0.5, 0.6) is 0 Å². The first-order valence-electron chi connectivity index (χ1n) is 14.1. The van der Waals surface area contributed by atoms with Gasteiger partial charge in [0.2, 0.25) is 10.0 Å². The molecule has 12 heteroatoms. The van der Waals surface area contributed by atoms with E-state index >= 15 is 0 Å². The predicted octanol–water partition coefficient (Wildman–Crippen LogP) is 1.99. The Balaban J connectivity index is 1.72. The Hall–Kier alpha value is -3.58. The molecule has 42 heavy (non-hydrogen) atoms. The Labute approximate surface area is 246 Å². The molecule has 2 aromatic carbocycles. The summed E-state index contributed by atoms with van der Waals surface area (Å²) < 4.78 is 32.2. The Kier molecular flexibility index (Phi) is 8.26. The number of Topliss-reactive ketones (excluding diaryl/α,β-unsaturated/α-hetero) is 1. The van der Waals surface area contributed by atoms with Gasteiger partial charge in [-0.2, -0.15) is 0 Å². The lowest BCUT2D eigenvalue weighted by molar-refractivity contribution is -0.144. The van der Waals surface area contributed by atoms with Gasteiger partial charge in [-0.05, 0) is 24.6 Å². The number of carbonyl (C=O) groups excluding carboxylic acids is 3. The Morgan fingerprint density at radius 3 is 2.40 bits per heavy atom. The molecule has 0 aliphatic carbocycles. The van der Waals surface area contributed by atoms with E-state index in [4.69, 9.17) is 4.74 Å². The van der Waals surface area contributed by atoms with Crippen molar-refractivity contribution in [1.29, 1.82) is 0 Å². The summed E-state index contributed by atoms with van der Waals surface area (Å²) in [7, 11) is -1.09. The van der Waals surface area contributed by atoms with Crippen molar-refractivity contribution in [1.82, 2.24) is 14.1 Å². The summed E-state index contributed by atoms with van der Waals surface area (Å²) in [6.45, 7) is 5.24. The second-order valence-corrected chi connectivity index (χ2v) is 13.0. The largest absolute Gasteiger partial charge is 0.507 e. The minimum absolute atomic E-state index is 0.0146. The molecule has 5 rings (SSSR count). The number of benzene rings is 2. The Bertz CT molecular complexity index is 1550. The van der Waals surface area contributed by atoms with Gasteiger partial charge in [0.05, 0.1) is 29.4 Å². The average Bonchev–Trinajstić information content (AvgIpc) is 3.37. The van der Waals surface area contributed by atoms with Crippen molar-refractivity contribution in [2.45, 2.75) is 30.2 Å². The van der Waals surface area contributed by atoms with E-state index in [1.54, 1.807) is 29.2 Å². The van der Waals surface area contributed by atoms with Crippen molar-refractivity contribution in [2.24, 2.45) is 0 Å². The molecule has 0 aromatic heterocycles. The topological polar surface area (TPSA) is 128 Å². The van der Waals surface area contributed by atoms with Crippen molar-refractivity contribution in [2.75, 3.05) is 64.9 Å². The van der Waals surface area contributed by atoms with Crippen LogP contribution in [0.25, 0.3) is 5.76 Å². The van der Waals surface area contributed by atoms with E-state index in [1.807, 2.05) is 6.92 Å². The van der Waals surface area contributed by atoms with E-state index in [9.17, 15) is 27.9 Å². The van der Waals surface area contributed by atoms with Crippen LogP contribution in [-0.2, 0) is 34.7 Å². The van der Waals surface area contributed by atoms with Gasteiger partial charge < -0.3 is 19.6 Å². The number of anilines is 1. The number of ether oxygens (including phenoxy) is 1. The number of hydrogen-bond donors (Lipinski definition) is 1. The lowest BCUT2D eigenvalue weighted by atomic mass is 9.82. The summed E-state index contributed by atoms with van der Waals surface area (Å²) in [5.41, 5.74) is -1.23. The molecule has 2 saturated heterocycles. The summed E-state index contributed by atoms with van der Waals surface area (Å²) in [6.07, 6.45) is 1.51. The second kappa shape index (κ2) is 11.6. The van der Waals surface area contributed by atoms with E-state index in [1.165, 1.54) is 43.3 Å². The third-order valence-electron chi connectivity index (χ3n) is 8.17. The van der Waals surface area contributed by atoms with Gasteiger partial charge in [-0.25, -0.2) is 12.7 Å². The number of morpholine rings is 1. The second-order valence-electron chi connectivity index (χ2n) is 10.8. The van der Waals surface area contributed by atoms with Crippen LogP contribution in [0.15, 0.2) is 59.0 Å². The van der Waals surface area contributed by atoms with Crippen LogP contribution >= 0.6 is 0 Å². The molecule has 1 atom stereocenters. The molecular weight excluding hydrogens is 560 g/mol. The number of likely N-dealkylation sites (tertiary alicyclic amines) is 1. The molecule has 1 N–H and O–H groups in total. The first kappa shape index (κ1) is 29.9. The number of rotatable bonds is 9.